The molecule has 0 aromatic carbocycles. The molecule has 0 saturated carbocycles. The number of hydrogen-bond acceptors (Lipinski definition) is 3. The highest BCUT2D eigenvalue weighted by molar-refractivity contribution is 7.10. The van der Waals surface area contributed by atoms with Crippen molar-refractivity contribution in [2.75, 3.05) is 13.1 Å². The highest BCUT2D eigenvalue weighted by Crippen LogP contribution is 2.15. The van der Waals surface area contributed by atoms with Gasteiger partial charge in [0.2, 0.25) is 0 Å². The highest BCUT2D eigenvalue weighted by Gasteiger charge is 2.03. The molecule has 1 atom stereocenters. The van der Waals surface area contributed by atoms with Crippen LogP contribution in [0, 0.1) is 24.2 Å². The van der Waals surface area contributed by atoms with E-state index in [9.17, 15) is 0 Å². The summed E-state index contributed by atoms with van der Waals surface area (Å²) in [7, 11) is 0. The van der Waals surface area contributed by atoms with Gasteiger partial charge in [0.25, 0.3) is 0 Å². The monoisotopic (exact) mass is 222 g/mol. The van der Waals surface area contributed by atoms with Crippen LogP contribution in [0.15, 0.2) is 11.4 Å². The van der Waals surface area contributed by atoms with Gasteiger partial charge in [0.05, 0.1) is 12.0 Å². The van der Waals surface area contributed by atoms with Crippen LogP contribution in [0.1, 0.15) is 23.8 Å². The van der Waals surface area contributed by atoms with E-state index in [1.165, 1.54) is 10.4 Å². The van der Waals surface area contributed by atoms with Gasteiger partial charge in [-0.05, 0) is 36.8 Å². The van der Waals surface area contributed by atoms with E-state index in [1.54, 1.807) is 0 Å². The summed E-state index contributed by atoms with van der Waals surface area (Å²) in [4.78, 5) is 1.45. The lowest BCUT2D eigenvalue weighted by molar-refractivity contribution is 0.555. The summed E-state index contributed by atoms with van der Waals surface area (Å²) in [5, 5.41) is 14.2. The molecule has 2 nitrogen and oxygen atoms in total. The Labute approximate surface area is 95.9 Å². The fourth-order valence-corrected chi connectivity index (χ4v) is 2.33. The van der Waals surface area contributed by atoms with E-state index in [-0.39, 0.29) is 5.92 Å². The molecule has 15 heavy (non-hydrogen) atoms. The predicted molar refractivity (Wildman–Crippen MR) is 65.0 cm³/mol. The Hall–Kier alpha value is -0.850. The number of hydrogen-bond donors (Lipinski definition) is 1. The van der Waals surface area contributed by atoms with Crippen molar-refractivity contribution >= 4 is 11.3 Å². The zero-order valence-corrected chi connectivity index (χ0v) is 10.2. The number of aryl methyl sites for hydroxylation is 1. The van der Waals surface area contributed by atoms with Crippen LogP contribution >= 0.6 is 11.3 Å². The molecule has 0 radical (unpaired) electrons. The summed E-state index contributed by atoms with van der Waals surface area (Å²) in [5.41, 5.74) is 1.38. The average Bonchev–Trinajstić information content (AvgIpc) is 2.65. The minimum Gasteiger partial charge on any atom is -0.315 e. The molecule has 1 aromatic heterocycles. The summed E-state index contributed by atoms with van der Waals surface area (Å²) < 4.78 is 0. The molecule has 82 valence electrons. The Balaban J connectivity index is 2.18. The number of nitriles is 1. The van der Waals surface area contributed by atoms with Gasteiger partial charge in [0.1, 0.15) is 0 Å². The molecule has 0 amide bonds. The van der Waals surface area contributed by atoms with Crippen LogP contribution < -0.4 is 5.32 Å². The second kappa shape index (κ2) is 6.60. The van der Waals surface area contributed by atoms with Gasteiger partial charge in [-0.1, -0.05) is 6.92 Å². The van der Waals surface area contributed by atoms with E-state index in [0.717, 1.165) is 25.9 Å². The van der Waals surface area contributed by atoms with Crippen LogP contribution in [-0.2, 0) is 6.42 Å². The SMILES string of the molecule is CCC(C#N)CNCCc1sccc1C. The maximum Gasteiger partial charge on any atom is 0.0669 e. The highest BCUT2D eigenvalue weighted by atomic mass is 32.1. The van der Waals surface area contributed by atoms with Crippen LogP contribution in [0.4, 0.5) is 0 Å². The summed E-state index contributed by atoms with van der Waals surface area (Å²) in [6.07, 6.45) is 2.01. The maximum absolute atomic E-state index is 8.77. The van der Waals surface area contributed by atoms with Crippen LogP contribution in [0.3, 0.4) is 0 Å². The van der Waals surface area contributed by atoms with Crippen LogP contribution in [-0.4, -0.2) is 13.1 Å². The summed E-state index contributed by atoms with van der Waals surface area (Å²) >= 11 is 1.81. The lowest BCUT2D eigenvalue weighted by atomic mass is 10.1. The van der Waals surface area contributed by atoms with Gasteiger partial charge in [-0.3, -0.25) is 0 Å². The Morgan fingerprint density at radius 1 is 1.60 bits per heavy atom. The largest absolute Gasteiger partial charge is 0.315 e. The second-order valence-electron chi connectivity index (χ2n) is 3.72. The molecule has 1 heterocycles. The van der Waals surface area contributed by atoms with Crippen LogP contribution in [0.25, 0.3) is 0 Å². The van der Waals surface area contributed by atoms with E-state index in [2.05, 4.69) is 36.7 Å². The Morgan fingerprint density at radius 2 is 2.40 bits per heavy atom. The summed E-state index contributed by atoms with van der Waals surface area (Å²) in [5.74, 6) is 0.162. The molecular formula is C12H18N2S. The lowest BCUT2D eigenvalue weighted by Gasteiger charge is -2.07. The smallest absolute Gasteiger partial charge is 0.0669 e. The standard InChI is InChI=1S/C12H18N2S/c1-3-11(8-13)9-14-6-4-12-10(2)5-7-15-12/h5,7,11,14H,3-4,6,9H2,1-2H3. The first-order valence-corrected chi connectivity index (χ1v) is 6.29. The first-order valence-electron chi connectivity index (χ1n) is 5.41. The van der Waals surface area contributed by atoms with Crippen LogP contribution in [0.5, 0.6) is 0 Å². The maximum atomic E-state index is 8.77. The zero-order chi connectivity index (χ0) is 11.1. The van der Waals surface area contributed by atoms with Gasteiger partial charge < -0.3 is 5.32 Å². The van der Waals surface area contributed by atoms with E-state index in [4.69, 9.17) is 5.26 Å². The van der Waals surface area contributed by atoms with Gasteiger partial charge in [0.15, 0.2) is 0 Å². The minimum absolute atomic E-state index is 0.162. The van der Waals surface area contributed by atoms with Gasteiger partial charge in [-0.2, -0.15) is 5.26 Å². The molecule has 3 heteroatoms. The normalized spacial score (nSPS) is 12.3. The second-order valence-corrected chi connectivity index (χ2v) is 4.72. The molecule has 1 rings (SSSR count). The van der Waals surface area contributed by atoms with Gasteiger partial charge >= 0.3 is 0 Å². The molecule has 0 saturated heterocycles. The fraction of sp³-hybridized carbons (Fsp3) is 0.583. The van der Waals surface area contributed by atoms with Crippen molar-refractivity contribution in [3.05, 3.63) is 21.9 Å². The van der Waals surface area contributed by atoms with Gasteiger partial charge in [-0.25, -0.2) is 0 Å². The first kappa shape index (κ1) is 12.2. The molecule has 0 spiro atoms. The molecule has 0 bridgehead atoms. The predicted octanol–water partition coefficient (Wildman–Crippen LogP) is 2.74. The van der Waals surface area contributed by atoms with Crippen LogP contribution in [0.2, 0.25) is 0 Å². The van der Waals surface area contributed by atoms with Crippen molar-refractivity contribution in [2.45, 2.75) is 26.7 Å². The number of nitrogens with one attached hydrogen (secondary N) is 1. The quantitative estimate of drug-likeness (QED) is 0.751. The number of rotatable bonds is 6. The molecule has 0 aliphatic heterocycles. The van der Waals surface area contributed by atoms with Gasteiger partial charge in [0, 0.05) is 18.0 Å². The average molecular weight is 222 g/mol. The van der Waals surface area contributed by atoms with Gasteiger partial charge in [-0.15, -0.1) is 11.3 Å². The van der Waals surface area contributed by atoms with E-state index in [1.807, 2.05) is 11.3 Å². The fourth-order valence-electron chi connectivity index (χ4n) is 1.42. The molecule has 0 aliphatic carbocycles. The van der Waals surface area contributed by atoms with E-state index in [0.29, 0.717) is 0 Å². The Kier molecular flexibility index (Phi) is 5.38. The van der Waals surface area contributed by atoms with E-state index >= 15 is 0 Å². The number of nitrogens with zero attached hydrogens (tertiary/aromatic N) is 1. The lowest BCUT2D eigenvalue weighted by Crippen LogP contribution is -2.23. The molecule has 0 aliphatic rings. The molecule has 1 N–H and O–H groups in total. The van der Waals surface area contributed by atoms with Crippen molar-refractivity contribution in [2.24, 2.45) is 5.92 Å². The first-order chi connectivity index (χ1) is 7.27. The molecule has 0 fully saturated rings. The zero-order valence-electron chi connectivity index (χ0n) is 9.42. The molecular weight excluding hydrogens is 204 g/mol. The third-order valence-corrected chi connectivity index (χ3v) is 3.65. The summed E-state index contributed by atoms with van der Waals surface area (Å²) in [6, 6.07) is 4.45. The van der Waals surface area contributed by atoms with Crippen molar-refractivity contribution in [1.29, 1.82) is 5.26 Å². The third kappa shape index (κ3) is 4.03. The topological polar surface area (TPSA) is 35.8 Å². The van der Waals surface area contributed by atoms with Crippen molar-refractivity contribution in [3.63, 3.8) is 0 Å². The summed E-state index contributed by atoms with van der Waals surface area (Å²) in [6.45, 7) is 5.99. The molecule has 1 aromatic rings. The number of thiophene rings is 1. The Morgan fingerprint density at radius 3 is 2.93 bits per heavy atom. The molecule has 1 unspecified atom stereocenters. The van der Waals surface area contributed by atoms with E-state index < -0.39 is 0 Å². The Bertz CT molecular complexity index is 325. The minimum atomic E-state index is 0.162. The van der Waals surface area contributed by atoms with Crippen molar-refractivity contribution in [1.82, 2.24) is 5.32 Å². The third-order valence-electron chi connectivity index (χ3n) is 2.56. The van der Waals surface area contributed by atoms with Crippen molar-refractivity contribution < 1.29 is 0 Å². The van der Waals surface area contributed by atoms with Crippen molar-refractivity contribution in [3.8, 4) is 6.07 Å².